The van der Waals surface area contributed by atoms with Crippen LogP contribution in [0.5, 0.6) is 0 Å². The molecular formula is C19H16F3N5O2. The van der Waals surface area contributed by atoms with Gasteiger partial charge >= 0.3 is 12.3 Å². The molecule has 4 heterocycles. The van der Waals surface area contributed by atoms with Crippen LogP contribution < -0.4 is 5.32 Å². The first-order chi connectivity index (χ1) is 13.8. The number of likely N-dealkylation sites (tertiary alicyclic amines) is 1. The number of rotatable bonds is 3. The lowest BCUT2D eigenvalue weighted by Crippen LogP contribution is -2.30. The van der Waals surface area contributed by atoms with Crippen LogP contribution in [0.3, 0.4) is 0 Å². The SMILES string of the molecule is O=C(O)N1CC[C@H](Nc2ncc(-c3ccc(C(F)(F)F)cn3)c3ncccc23)C1. The average Bonchev–Trinajstić information content (AvgIpc) is 3.17. The summed E-state index contributed by atoms with van der Waals surface area (Å²) in [5, 5.41) is 13.0. The Kier molecular flexibility index (Phi) is 4.69. The van der Waals surface area contributed by atoms with E-state index in [1.807, 2.05) is 0 Å². The molecule has 7 nitrogen and oxygen atoms in total. The number of nitrogens with one attached hydrogen (secondary N) is 1. The van der Waals surface area contributed by atoms with Gasteiger partial charge in [-0.05, 0) is 30.7 Å². The third-order valence-electron chi connectivity index (χ3n) is 4.81. The van der Waals surface area contributed by atoms with Crippen molar-refractivity contribution in [2.45, 2.75) is 18.6 Å². The number of pyridine rings is 3. The molecule has 150 valence electrons. The molecule has 0 aliphatic carbocycles. The molecule has 0 radical (unpaired) electrons. The Morgan fingerprint density at radius 1 is 1.17 bits per heavy atom. The molecule has 0 unspecified atom stereocenters. The van der Waals surface area contributed by atoms with Crippen LogP contribution in [0.2, 0.25) is 0 Å². The van der Waals surface area contributed by atoms with Crippen LogP contribution >= 0.6 is 0 Å². The van der Waals surface area contributed by atoms with E-state index in [1.54, 1.807) is 18.3 Å². The minimum Gasteiger partial charge on any atom is -0.465 e. The second kappa shape index (κ2) is 7.19. The molecule has 1 fully saturated rings. The van der Waals surface area contributed by atoms with Crippen LogP contribution in [-0.4, -0.2) is 50.2 Å². The van der Waals surface area contributed by atoms with E-state index in [0.29, 0.717) is 47.5 Å². The van der Waals surface area contributed by atoms with Crippen LogP contribution in [0, 0.1) is 0 Å². The van der Waals surface area contributed by atoms with Crippen LogP contribution in [0.25, 0.3) is 22.2 Å². The molecule has 29 heavy (non-hydrogen) atoms. The highest BCUT2D eigenvalue weighted by molar-refractivity contribution is 5.98. The third kappa shape index (κ3) is 3.78. The first kappa shape index (κ1) is 18.9. The molecule has 1 amide bonds. The summed E-state index contributed by atoms with van der Waals surface area (Å²) in [6.45, 7) is 0.789. The fourth-order valence-corrected chi connectivity index (χ4v) is 3.34. The topological polar surface area (TPSA) is 91.2 Å². The van der Waals surface area contributed by atoms with Gasteiger partial charge < -0.3 is 15.3 Å². The molecule has 3 aromatic heterocycles. The zero-order valence-electron chi connectivity index (χ0n) is 15.0. The van der Waals surface area contributed by atoms with Gasteiger partial charge in [-0.25, -0.2) is 9.78 Å². The maximum absolute atomic E-state index is 12.8. The highest BCUT2D eigenvalue weighted by atomic mass is 19.4. The van der Waals surface area contributed by atoms with Gasteiger partial charge in [0.25, 0.3) is 0 Å². The Balaban J connectivity index is 1.66. The fraction of sp³-hybridized carbons (Fsp3) is 0.263. The minimum atomic E-state index is -4.46. The molecule has 0 aromatic carbocycles. The predicted octanol–water partition coefficient (Wildman–Crippen LogP) is 3.87. The van der Waals surface area contributed by atoms with Gasteiger partial charge in [0.05, 0.1) is 16.8 Å². The van der Waals surface area contributed by atoms with Crippen LogP contribution in [0.1, 0.15) is 12.0 Å². The van der Waals surface area contributed by atoms with Gasteiger partial charge in [0, 0.05) is 48.7 Å². The Bertz CT molecular complexity index is 1060. The molecule has 2 N–H and O–H groups in total. The standard InChI is InChI=1S/C19H16F3N5O2/c20-19(21,22)11-3-4-15(24-8-11)14-9-25-17(13-2-1-6-23-16(13)14)26-12-5-7-27(10-12)18(28)29/h1-4,6,8-9,12H,5,7,10H2,(H,25,26)(H,28,29)/t12-/m0/s1. The van der Waals surface area contributed by atoms with Gasteiger partial charge in [0.1, 0.15) is 5.82 Å². The number of carboxylic acid groups (broad SMARTS) is 1. The van der Waals surface area contributed by atoms with E-state index in [4.69, 9.17) is 5.11 Å². The van der Waals surface area contributed by atoms with Gasteiger partial charge in [-0.1, -0.05) is 0 Å². The number of halogens is 3. The molecule has 1 saturated heterocycles. The number of aromatic nitrogens is 3. The van der Waals surface area contributed by atoms with Crippen molar-refractivity contribution < 1.29 is 23.1 Å². The van der Waals surface area contributed by atoms with Crippen molar-refractivity contribution in [1.82, 2.24) is 19.9 Å². The highest BCUT2D eigenvalue weighted by Gasteiger charge is 2.31. The van der Waals surface area contributed by atoms with E-state index in [0.717, 1.165) is 12.3 Å². The quantitative estimate of drug-likeness (QED) is 0.690. The lowest BCUT2D eigenvalue weighted by molar-refractivity contribution is -0.137. The Morgan fingerprint density at radius 2 is 2.00 bits per heavy atom. The Labute approximate surface area is 163 Å². The summed E-state index contributed by atoms with van der Waals surface area (Å²) >= 11 is 0. The lowest BCUT2D eigenvalue weighted by atomic mass is 10.1. The Morgan fingerprint density at radius 3 is 2.66 bits per heavy atom. The molecule has 0 saturated carbocycles. The molecule has 0 spiro atoms. The molecule has 3 aromatic rings. The number of carbonyl (C=O) groups is 1. The number of nitrogens with zero attached hydrogens (tertiary/aromatic N) is 4. The first-order valence-corrected chi connectivity index (χ1v) is 8.84. The summed E-state index contributed by atoms with van der Waals surface area (Å²) < 4.78 is 38.4. The van der Waals surface area contributed by atoms with E-state index < -0.39 is 17.8 Å². The number of amides is 1. The van der Waals surface area contributed by atoms with Gasteiger partial charge in [-0.15, -0.1) is 0 Å². The van der Waals surface area contributed by atoms with Crippen LogP contribution in [0.4, 0.5) is 23.8 Å². The van der Waals surface area contributed by atoms with Crippen molar-refractivity contribution >= 4 is 22.8 Å². The molecule has 10 heteroatoms. The number of anilines is 1. The molecule has 1 aliphatic rings. The zero-order valence-corrected chi connectivity index (χ0v) is 15.0. The predicted molar refractivity (Wildman–Crippen MR) is 99.4 cm³/mol. The van der Waals surface area contributed by atoms with E-state index in [9.17, 15) is 18.0 Å². The molecule has 0 bridgehead atoms. The van der Waals surface area contributed by atoms with Crippen molar-refractivity contribution in [3.8, 4) is 11.3 Å². The van der Waals surface area contributed by atoms with Crippen molar-refractivity contribution in [1.29, 1.82) is 0 Å². The maximum atomic E-state index is 12.8. The summed E-state index contributed by atoms with van der Waals surface area (Å²) in [6.07, 6.45) is -0.882. The van der Waals surface area contributed by atoms with E-state index in [1.165, 1.54) is 17.2 Å². The summed E-state index contributed by atoms with van der Waals surface area (Å²) in [5.74, 6) is 0.543. The second-order valence-corrected chi connectivity index (χ2v) is 6.71. The van der Waals surface area contributed by atoms with Gasteiger partial charge in [0.2, 0.25) is 0 Å². The summed E-state index contributed by atoms with van der Waals surface area (Å²) in [7, 11) is 0. The van der Waals surface area contributed by atoms with Crippen LogP contribution in [0.15, 0.2) is 42.9 Å². The van der Waals surface area contributed by atoms with E-state index in [-0.39, 0.29) is 6.04 Å². The van der Waals surface area contributed by atoms with Crippen molar-refractivity contribution in [2.75, 3.05) is 18.4 Å². The molecule has 1 atom stereocenters. The van der Waals surface area contributed by atoms with Crippen molar-refractivity contribution in [2.24, 2.45) is 0 Å². The monoisotopic (exact) mass is 403 g/mol. The summed E-state index contributed by atoms with van der Waals surface area (Å²) in [4.78, 5) is 25.1. The number of hydrogen-bond acceptors (Lipinski definition) is 5. The van der Waals surface area contributed by atoms with Crippen molar-refractivity contribution in [3.05, 3.63) is 48.4 Å². The van der Waals surface area contributed by atoms with E-state index in [2.05, 4.69) is 20.3 Å². The van der Waals surface area contributed by atoms with Crippen LogP contribution in [-0.2, 0) is 6.18 Å². The average molecular weight is 403 g/mol. The number of fused-ring (bicyclic) bond motifs is 1. The largest absolute Gasteiger partial charge is 0.465 e. The fourth-order valence-electron chi connectivity index (χ4n) is 3.34. The molecule has 4 rings (SSSR count). The van der Waals surface area contributed by atoms with Gasteiger partial charge in [-0.3, -0.25) is 9.97 Å². The van der Waals surface area contributed by atoms with Gasteiger partial charge in [-0.2, -0.15) is 13.2 Å². The van der Waals surface area contributed by atoms with E-state index >= 15 is 0 Å². The highest BCUT2D eigenvalue weighted by Crippen LogP contribution is 2.32. The third-order valence-corrected chi connectivity index (χ3v) is 4.81. The van der Waals surface area contributed by atoms with Gasteiger partial charge in [0.15, 0.2) is 0 Å². The molecular weight excluding hydrogens is 387 g/mol. The lowest BCUT2D eigenvalue weighted by Gasteiger charge is -2.16. The summed E-state index contributed by atoms with van der Waals surface area (Å²) in [6, 6.07) is 5.72. The normalized spacial score (nSPS) is 16.9. The summed E-state index contributed by atoms with van der Waals surface area (Å²) in [5.41, 5.74) is 0.566. The van der Waals surface area contributed by atoms with Crippen molar-refractivity contribution in [3.63, 3.8) is 0 Å². The second-order valence-electron chi connectivity index (χ2n) is 6.71. The zero-order chi connectivity index (χ0) is 20.6. The first-order valence-electron chi connectivity index (χ1n) is 8.84. The number of alkyl halides is 3. The minimum absolute atomic E-state index is 0.0861. The maximum Gasteiger partial charge on any atom is 0.417 e. The number of hydrogen-bond donors (Lipinski definition) is 2. The Hall–Kier alpha value is -3.43. The molecule has 1 aliphatic heterocycles. The smallest absolute Gasteiger partial charge is 0.417 e.